The highest BCUT2D eigenvalue weighted by Gasteiger charge is 2.33. The Morgan fingerprint density at radius 1 is 1.35 bits per heavy atom. The number of aryl methyl sites for hydroxylation is 1. The first kappa shape index (κ1) is 16.0. The Morgan fingerprint density at radius 3 is 2.75 bits per heavy atom. The molecule has 0 aromatic carbocycles. The van der Waals surface area contributed by atoms with Gasteiger partial charge in [0.1, 0.15) is 0 Å². The Labute approximate surface area is 129 Å². The Kier molecular flexibility index (Phi) is 6.10. The lowest BCUT2D eigenvalue weighted by atomic mass is 9.69. The van der Waals surface area contributed by atoms with E-state index >= 15 is 0 Å². The van der Waals surface area contributed by atoms with Crippen molar-refractivity contribution in [1.29, 1.82) is 0 Å². The molecule has 0 bridgehead atoms. The van der Waals surface area contributed by atoms with E-state index in [2.05, 4.69) is 44.5 Å². The van der Waals surface area contributed by atoms with Crippen LogP contribution in [0.3, 0.4) is 0 Å². The van der Waals surface area contributed by atoms with Crippen LogP contribution in [0.4, 0.5) is 0 Å². The minimum absolute atomic E-state index is 0.792. The van der Waals surface area contributed by atoms with Gasteiger partial charge in [-0.15, -0.1) is 11.3 Å². The van der Waals surface area contributed by atoms with Gasteiger partial charge in [0.05, 0.1) is 0 Å². The fourth-order valence-corrected chi connectivity index (χ4v) is 4.80. The number of thiophene rings is 1. The highest BCUT2D eigenvalue weighted by Crippen LogP contribution is 2.45. The molecule has 1 fully saturated rings. The van der Waals surface area contributed by atoms with Crippen LogP contribution >= 0.6 is 11.3 Å². The van der Waals surface area contributed by atoms with Crippen LogP contribution in [0.2, 0.25) is 0 Å². The summed E-state index contributed by atoms with van der Waals surface area (Å²) in [6.45, 7) is 11.7. The fraction of sp³-hybridized carbons (Fsp3) is 0.778. The largest absolute Gasteiger partial charge is 0.316 e. The summed E-state index contributed by atoms with van der Waals surface area (Å²) in [6, 6.07) is 2.30. The van der Waals surface area contributed by atoms with Crippen LogP contribution in [0.5, 0.6) is 0 Å². The van der Waals surface area contributed by atoms with Crippen LogP contribution < -0.4 is 5.32 Å². The maximum absolute atomic E-state index is 3.66. The highest BCUT2D eigenvalue weighted by atomic mass is 32.1. The lowest BCUT2D eigenvalue weighted by Crippen LogP contribution is -2.33. The van der Waals surface area contributed by atoms with Gasteiger partial charge in [-0.3, -0.25) is 0 Å². The molecule has 0 radical (unpaired) electrons. The van der Waals surface area contributed by atoms with Crippen molar-refractivity contribution in [2.75, 3.05) is 13.1 Å². The summed E-state index contributed by atoms with van der Waals surface area (Å²) in [4.78, 5) is 1.67. The van der Waals surface area contributed by atoms with Crippen LogP contribution in [0.15, 0.2) is 11.4 Å². The molecule has 114 valence electrons. The molecule has 1 saturated carbocycles. The van der Waals surface area contributed by atoms with Crippen molar-refractivity contribution in [3.63, 3.8) is 0 Å². The van der Waals surface area contributed by atoms with Crippen molar-refractivity contribution in [1.82, 2.24) is 5.32 Å². The van der Waals surface area contributed by atoms with Gasteiger partial charge in [0.2, 0.25) is 0 Å². The first-order chi connectivity index (χ1) is 9.63. The zero-order valence-electron chi connectivity index (χ0n) is 13.6. The molecular formula is C18H31NS. The summed E-state index contributed by atoms with van der Waals surface area (Å²) >= 11 is 1.99. The Morgan fingerprint density at radius 2 is 2.15 bits per heavy atom. The van der Waals surface area contributed by atoms with Gasteiger partial charge in [0, 0.05) is 4.88 Å². The van der Waals surface area contributed by atoms with E-state index in [-0.39, 0.29) is 0 Å². The van der Waals surface area contributed by atoms with Gasteiger partial charge in [-0.05, 0) is 86.4 Å². The minimum atomic E-state index is 0.792. The van der Waals surface area contributed by atoms with Crippen molar-refractivity contribution in [3.05, 3.63) is 21.9 Å². The third kappa shape index (κ3) is 3.85. The summed E-state index contributed by atoms with van der Waals surface area (Å²) in [5.41, 5.74) is 1.52. The number of nitrogens with one attached hydrogen (secondary N) is 1. The van der Waals surface area contributed by atoms with Crippen molar-refractivity contribution in [2.24, 2.45) is 17.8 Å². The molecule has 0 saturated heterocycles. The molecule has 3 atom stereocenters. The topological polar surface area (TPSA) is 12.0 Å². The molecule has 1 aliphatic rings. The molecule has 1 heterocycles. The van der Waals surface area contributed by atoms with E-state index in [4.69, 9.17) is 0 Å². The summed E-state index contributed by atoms with van der Waals surface area (Å²) in [5, 5.41) is 5.94. The van der Waals surface area contributed by atoms with Crippen molar-refractivity contribution < 1.29 is 0 Å². The van der Waals surface area contributed by atoms with Gasteiger partial charge in [0.15, 0.2) is 0 Å². The average Bonchev–Trinajstić information content (AvgIpc) is 2.85. The minimum Gasteiger partial charge on any atom is -0.316 e. The van der Waals surface area contributed by atoms with Gasteiger partial charge >= 0.3 is 0 Å². The zero-order chi connectivity index (χ0) is 14.5. The van der Waals surface area contributed by atoms with Crippen LogP contribution in [0.25, 0.3) is 0 Å². The summed E-state index contributed by atoms with van der Waals surface area (Å²) in [7, 11) is 0. The smallest absolute Gasteiger partial charge is 0.0109 e. The molecular weight excluding hydrogens is 262 g/mol. The predicted octanol–water partition coefficient (Wildman–Crippen LogP) is 5.21. The van der Waals surface area contributed by atoms with E-state index in [1.165, 1.54) is 44.3 Å². The normalized spacial score (nSPS) is 27.1. The molecule has 3 unspecified atom stereocenters. The van der Waals surface area contributed by atoms with Crippen molar-refractivity contribution >= 4 is 11.3 Å². The third-order valence-corrected chi connectivity index (χ3v) is 6.20. The Bertz CT molecular complexity index is 396. The molecule has 1 aliphatic carbocycles. The molecule has 1 N–H and O–H groups in total. The van der Waals surface area contributed by atoms with E-state index in [0.29, 0.717) is 0 Å². The van der Waals surface area contributed by atoms with E-state index in [9.17, 15) is 0 Å². The summed E-state index contributed by atoms with van der Waals surface area (Å²) < 4.78 is 0. The average molecular weight is 294 g/mol. The Hall–Kier alpha value is -0.340. The van der Waals surface area contributed by atoms with Crippen LogP contribution in [0.1, 0.15) is 62.8 Å². The van der Waals surface area contributed by atoms with Gasteiger partial charge < -0.3 is 5.32 Å². The molecule has 2 rings (SSSR count). The molecule has 1 nitrogen and oxygen atoms in total. The fourth-order valence-electron chi connectivity index (χ4n) is 3.67. The van der Waals surface area contributed by atoms with Crippen molar-refractivity contribution in [3.8, 4) is 0 Å². The first-order valence-corrected chi connectivity index (χ1v) is 9.26. The SMILES string of the molecule is CCCNCC1CCC(C(C)C)CC1c1sccc1C. The van der Waals surface area contributed by atoms with E-state index in [1.54, 1.807) is 4.88 Å². The highest BCUT2D eigenvalue weighted by molar-refractivity contribution is 7.10. The third-order valence-electron chi connectivity index (χ3n) is 5.05. The first-order valence-electron chi connectivity index (χ1n) is 8.38. The van der Waals surface area contributed by atoms with Gasteiger partial charge in [-0.25, -0.2) is 0 Å². The molecule has 2 heteroatoms. The maximum Gasteiger partial charge on any atom is 0.0109 e. The lowest BCUT2D eigenvalue weighted by molar-refractivity contribution is 0.192. The van der Waals surface area contributed by atoms with Crippen LogP contribution in [-0.2, 0) is 0 Å². The quantitative estimate of drug-likeness (QED) is 0.710. The zero-order valence-corrected chi connectivity index (χ0v) is 14.4. The lowest BCUT2D eigenvalue weighted by Gasteiger charge is -2.38. The van der Waals surface area contributed by atoms with Crippen molar-refractivity contribution in [2.45, 2.75) is 59.3 Å². The number of hydrogen-bond donors (Lipinski definition) is 1. The van der Waals surface area contributed by atoms with E-state index in [1.807, 2.05) is 11.3 Å². The summed E-state index contributed by atoms with van der Waals surface area (Å²) in [5.74, 6) is 3.39. The van der Waals surface area contributed by atoms with Gasteiger partial charge in [-0.1, -0.05) is 20.8 Å². The molecule has 0 spiro atoms. The second-order valence-electron chi connectivity index (χ2n) is 6.86. The molecule has 0 aliphatic heterocycles. The van der Waals surface area contributed by atoms with Crippen LogP contribution in [-0.4, -0.2) is 13.1 Å². The molecule has 20 heavy (non-hydrogen) atoms. The second-order valence-corrected chi connectivity index (χ2v) is 7.80. The number of rotatable bonds is 6. The Balaban J connectivity index is 2.08. The van der Waals surface area contributed by atoms with E-state index < -0.39 is 0 Å². The maximum atomic E-state index is 3.66. The molecule has 1 aromatic heterocycles. The van der Waals surface area contributed by atoms with Gasteiger partial charge in [-0.2, -0.15) is 0 Å². The van der Waals surface area contributed by atoms with E-state index in [0.717, 1.165) is 23.7 Å². The number of hydrogen-bond acceptors (Lipinski definition) is 2. The monoisotopic (exact) mass is 293 g/mol. The van der Waals surface area contributed by atoms with Crippen LogP contribution in [0, 0.1) is 24.7 Å². The summed E-state index contributed by atoms with van der Waals surface area (Å²) in [6.07, 6.45) is 5.47. The van der Waals surface area contributed by atoms with Gasteiger partial charge in [0.25, 0.3) is 0 Å². The molecule has 0 amide bonds. The second kappa shape index (κ2) is 7.61. The standard InChI is InChI=1S/C18H31NS/c1-5-9-19-12-16-7-6-15(13(2)3)11-17(16)18-14(4)8-10-20-18/h8,10,13,15-17,19H,5-7,9,11-12H2,1-4H3. The predicted molar refractivity (Wildman–Crippen MR) is 90.6 cm³/mol. The molecule has 1 aromatic rings.